The lowest BCUT2D eigenvalue weighted by atomic mass is 10.1. The summed E-state index contributed by atoms with van der Waals surface area (Å²) in [5.41, 5.74) is 5.61. The van der Waals surface area contributed by atoms with Crippen molar-refractivity contribution in [1.82, 2.24) is 10.9 Å². The fraction of sp³-hybridized carbons (Fsp3) is 0.0667. The van der Waals surface area contributed by atoms with Gasteiger partial charge in [-0.15, -0.1) is 0 Å². The Labute approximate surface area is 145 Å². The zero-order chi connectivity index (χ0) is 16.1. The van der Waals surface area contributed by atoms with E-state index in [9.17, 15) is 9.59 Å². The number of carbonyl (C=O) groups excluding carboxylic acids is 2. The number of rotatable bonds is 3. The van der Waals surface area contributed by atoms with E-state index in [0.717, 1.165) is 0 Å². The number of carbonyl (C=O) groups is 2. The third-order valence-electron chi connectivity index (χ3n) is 2.83. The van der Waals surface area contributed by atoms with Gasteiger partial charge in [-0.1, -0.05) is 41.4 Å². The van der Waals surface area contributed by atoms with E-state index in [-0.39, 0.29) is 6.42 Å². The molecule has 0 spiro atoms. The lowest BCUT2D eigenvalue weighted by Gasteiger charge is -2.10. The largest absolute Gasteiger partial charge is 0.273 e. The molecule has 4 nitrogen and oxygen atoms in total. The Morgan fingerprint density at radius 1 is 0.955 bits per heavy atom. The normalized spacial score (nSPS) is 10.1. The third kappa shape index (κ3) is 4.22. The summed E-state index contributed by atoms with van der Waals surface area (Å²) < 4.78 is 0.635. The molecule has 0 atom stereocenters. The molecule has 0 saturated heterocycles. The van der Waals surface area contributed by atoms with Crippen LogP contribution < -0.4 is 10.9 Å². The van der Waals surface area contributed by atoms with Gasteiger partial charge in [-0.25, -0.2) is 0 Å². The molecule has 0 saturated carbocycles. The zero-order valence-electron chi connectivity index (χ0n) is 11.2. The summed E-state index contributed by atoms with van der Waals surface area (Å²) in [6.07, 6.45) is -0.0330. The summed E-state index contributed by atoms with van der Waals surface area (Å²) in [4.78, 5) is 23.8. The molecule has 22 heavy (non-hydrogen) atoms. The van der Waals surface area contributed by atoms with E-state index in [4.69, 9.17) is 23.2 Å². The van der Waals surface area contributed by atoms with Gasteiger partial charge in [0.1, 0.15) is 0 Å². The third-order valence-corrected chi connectivity index (χ3v) is 4.23. The highest BCUT2D eigenvalue weighted by atomic mass is 79.9. The molecule has 114 valence electrons. The van der Waals surface area contributed by atoms with Crippen molar-refractivity contribution in [3.8, 4) is 0 Å². The van der Waals surface area contributed by atoms with Crippen molar-refractivity contribution >= 4 is 50.9 Å². The monoisotopic (exact) mass is 400 g/mol. The molecule has 0 fully saturated rings. The van der Waals surface area contributed by atoms with Crippen LogP contribution in [-0.2, 0) is 11.2 Å². The van der Waals surface area contributed by atoms with Crippen LogP contribution in [0.2, 0.25) is 10.0 Å². The topological polar surface area (TPSA) is 58.2 Å². The van der Waals surface area contributed by atoms with Crippen molar-refractivity contribution in [2.24, 2.45) is 0 Å². The van der Waals surface area contributed by atoms with Crippen molar-refractivity contribution in [3.63, 3.8) is 0 Å². The van der Waals surface area contributed by atoms with Gasteiger partial charge < -0.3 is 0 Å². The van der Waals surface area contributed by atoms with Crippen molar-refractivity contribution < 1.29 is 9.59 Å². The Morgan fingerprint density at radius 2 is 1.59 bits per heavy atom. The molecule has 0 aromatic heterocycles. The molecule has 2 N–H and O–H groups in total. The maximum atomic E-state index is 11.9. The Bertz CT molecular complexity index is 702. The first-order valence-electron chi connectivity index (χ1n) is 6.25. The van der Waals surface area contributed by atoms with E-state index in [0.29, 0.717) is 25.6 Å². The van der Waals surface area contributed by atoms with Crippen molar-refractivity contribution in [2.45, 2.75) is 6.42 Å². The SMILES string of the molecule is O=C(Cc1c(Cl)cccc1Cl)NNC(=O)c1ccccc1Br. The van der Waals surface area contributed by atoms with Gasteiger partial charge in [0.2, 0.25) is 5.91 Å². The second-order valence-corrected chi connectivity index (χ2v) is 6.03. The number of benzene rings is 2. The Morgan fingerprint density at radius 3 is 2.23 bits per heavy atom. The maximum absolute atomic E-state index is 11.9. The molecule has 0 aliphatic heterocycles. The molecule has 0 heterocycles. The molecule has 0 bridgehead atoms. The Balaban J connectivity index is 1.96. The number of nitrogens with one attached hydrogen (secondary N) is 2. The first-order valence-corrected chi connectivity index (χ1v) is 7.80. The second kappa shape index (κ2) is 7.63. The number of hydrogen-bond acceptors (Lipinski definition) is 2. The van der Waals surface area contributed by atoms with Crippen molar-refractivity contribution in [2.75, 3.05) is 0 Å². The lowest BCUT2D eigenvalue weighted by molar-refractivity contribution is -0.121. The lowest BCUT2D eigenvalue weighted by Crippen LogP contribution is -2.42. The van der Waals surface area contributed by atoms with Crippen LogP contribution in [0.1, 0.15) is 15.9 Å². The van der Waals surface area contributed by atoms with Crippen molar-refractivity contribution in [1.29, 1.82) is 0 Å². The van der Waals surface area contributed by atoms with Gasteiger partial charge in [-0.3, -0.25) is 20.4 Å². The first kappa shape index (κ1) is 16.8. The molecule has 2 rings (SSSR count). The van der Waals surface area contributed by atoms with Crippen molar-refractivity contribution in [3.05, 3.63) is 68.1 Å². The molecule has 2 aromatic carbocycles. The molecule has 0 aliphatic rings. The average molecular weight is 402 g/mol. The summed E-state index contributed by atoms with van der Waals surface area (Å²) >= 11 is 15.3. The summed E-state index contributed by atoms with van der Waals surface area (Å²) in [5, 5.41) is 0.805. The quantitative estimate of drug-likeness (QED) is 0.769. The molecule has 0 unspecified atom stereocenters. The molecule has 0 radical (unpaired) electrons. The van der Waals surface area contributed by atoms with E-state index >= 15 is 0 Å². The predicted molar refractivity (Wildman–Crippen MR) is 89.9 cm³/mol. The van der Waals surface area contributed by atoms with Crippen LogP contribution in [0, 0.1) is 0 Å². The fourth-order valence-electron chi connectivity index (χ4n) is 1.75. The highest BCUT2D eigenvalue weighted by Crippen LogP contribution is 2.24. The van der Waals surface area contributed by atoms with Gasteiger partial charge in [0, 0.05) is 14.5 Å². The minimum absolute atomic E-state index is 0.0330. The predicted octanol–water partition coefficient (Wildman–Crippen LogP) is 3.76. The zero-order valence-corrected chi connectivity index (χ0v) is 14.3. The van der Waals surface area contributed by atoms with Gasteiger partial charge in [0.05, 0.1) is 12.0 Å². The van der Waals surface area contributed by atoms with Gasteiger partial charge in [0.15, 0.2) is 0 Å². The van der Waals surface area contributed by atoms with E-state index < -0.39 is 11.8 Å². The van der Waals surface area contributed by atoms with Gasteiger partial charge in [-0.05, 0) is 45.8 Å². The first-order chi connectivity index (χ1) is 10.5. The summed E-state index contributed by atoms with van der Waals surface area (Å²) in [6.45, 7) is 0. The molecule has 0 aliphatic carbocycles. The standard InChI is InChI=1S/C15H11BrCl2N2O2/c16-11-5-2-1-4-9(11)15(22)20-19-14(21)8-10-12(17)6-3-7-13(10)18/h1-7H,8H2,(H,19,21)(H,20,22). The van der Waals surface area contributed by atoms with Gasteiger partial charge in [-0.2, -0.15) is 0 Å². The van der Waals surface area contributed by atoms with Crippen LogP contribution in [-0.4, -0.2) is 11.8 Å². The van der Waals surface area contributed by atoms with Gasteiger partial charge in [0.25, 0.3) is 5.91 Å². The van der Waals surface area contributed by atoms with Gasteiger partial charge >= 0.3 is 0 Å². The number of hydrazine groups is 1. The number of hydrogen-bond donors (Lipinski definition) is 2. The highest BCUT2D eigenvalue weighted by molar-refractivity contribution is 9.10. The molecular formula is C15H11BrCl2N2O2. The smallest absolute Gasteiger partial charge is 0.270 e. The Kier molecular flexibility index (Phi) is 5.83. The Hall–Kier alpha value is -1.56. The summed E-state index contributed by atoms with van der Waals surface area (Å²) in [5.74, 6) is -0.846. The van der Waals surface area contributed by atoms with Crippen LogP contribution in [0.4, 0.5) is 0 Å². The molecule has 7 heteroatoms. The molecule has 2 amide bonds. The summed E-state index contributed by atoms with van der Waals surface area (Å²) in [7, 11) is 0. The van der Waals surface area contributed by atoms with Crippen LogP contribution in [0.3, 0.4) is 0 Å². The van der Waals surface area contributed by atoms with E-state index in [1.807, 2.05) is 0 Å². The molecular weight excluding hydrogens is 391 g/mol. The minimum Gasteiger partial charge on any atom is -0.273 e. The maximum Gasteiger partial charge on any atom is 0.270 e. The van der Waals surface area contributed by atoms with Crippen LogP contribution >= 0.6 is 39.1 Å². The number of amides is 2. The van der Waals surface area contributed by atoms with E-state index in [2.05, 4.69) is 26.8 Å². The average Bonchev–Trinajstić information content (AvgIpc) is 2.49. The van der Waals surface area contributed by atoms with Crippen LogP contribution in [0.5, 0.6) is 0 Å². The minimum atomic E-state index is -0.425. The summed E-state index contributed by atoms with van der Waals surface area (Å²) in [6, 6.07) is 11.9. The highest BCUT2D eigenvalue weighted by Gasteiger charge is 2.13. The van der Waals surface area contributed by atoms with E-state index in [1.54, 1.807) is 42.5 Å². The van der Waals surface area contributed by atoms with E-state index in [1.165, 1.54) is 0 Å². The molecule has 2 aromatic rings. The fourth-order valence-corrected chi connectivity index (χ4v) is 2.74. The second-order valence-electron chi connectivity index (χ2n) is 4.36. The van der Waals surface area contributed by atoms with Crippen LogP contribution in [0.25, 0.3) is 0 Å². The van der Waals surface area contributed by atoms with Crippen LogP contribution in [0.15, 0.2) is 46.9 Å². The number of halogens is 3.